The summed E-state index contributed by atoms with van der Waals surface area (Å²) < 4.78 is 7.79. The number of nitro groups is 1. The van der Waals surface area contributed by atoms with Crippen LogP contribution in [0.2, 0.25) is 15.1 Å². The molecule has 1 aromatic heterocycles. The first kappa shape index (κ1) is 28.0. The molecule has 3 aromatic carbocycles. The zero-order valence-corrected chi connectivity index (χ0v) is 24.0. The molecule has 8 nitrogen and oxygen atoms in total. The molecule has 0 radical (unpaired) electrons. The van der Waals surface area contributed by atoms with Gasteiger partial charge in [0.25, 0.3) is 5.56 Å². The highest BCUT2D eigenvalue weighted by atomic mass is 79.9. The summed E-state index contributed by atoms with van der Waals surface area (Å²) >= 11 is 21.8. The minimum absolute atomic E-state index is 0.0798. The third kappa shape index (κ3) is 6.02. The van der Waals surface area contributed by atoms with E-state index in [9.17, 15) is 14.9 Å². The molecule has 38 heavy (non-hydrogen) atoms. The van der Waals surface area contributed by atoms with Crippen molar-refractivity contribution in [2.75, 3.05) is 0 Å². The van der Waals surface area contributed by atoms with Crippen molar-refractivity contribution < 1.29 is 9.66 Å². The summed E-state index contributed by atoms with van der Waals surface area (Å²) in [5.41, 5.74) is 0.574. The summed E-state index contributed by atoms with van der Waals surface area (Å²) in [5.74, 6) is 0.281. The molecular formula is C26H20BrCl3N4O4. The molecule has 196 valence electrons. The second-order valence-corrected chi connectivity index (χ2v) is 10.6. The molecule has 0 aliphatic rings. The number of fused-ring (bicyclic) bond motifs is 1. The Morgan fingerprint density at radius 2 is 1.92 bits per heavy atom. The first-order valence-corrected chi connectivity index (χ1v) is 13.3. The van der Waals surface area contributed by atoms with E-state index in [-0.39, 0.29) is 40.1 Å². The fourth-order valence-electron chi connectivity index (χ4n) is 3.68. The maximum absolute atomic E-state index is 13.4. The molecule has 1 atom stereocenters. The Bertz CT molecular complexity index is 1640. The lowest BCUT2D eigenvalue weighted by atomic mass is 10.1. The smallest absolute Gasteiger partial charge is 0.313 e. The monoisotopic (exact) mass is 636 g/mol. The summed E-state index contributed by atoms with van der Waals surface area (Å²) in [5, 5.41) is 17.5. The van der Waals surface area contributed by atoms with E-state index in [2.05, 4.69) is 26.0 Å². The first-order chi connectivity index (χ1) is 18.1. The molecule has 0 unspecified atom stereocenters. The molecule has 0 fully saturated rings. The van der Waals surface area contributed by atoms with Gasteiger partial charge in [-0.3, -0.25) is 14.9 Å². The van der Waals surface area contributed by atoms with Gasteiger partial charge in [-0.05, 0) is 42.8 Å². The highest BCUT2D eigenvalue weighted by Gasteiger charge is 2.22. The third-order valence-corrected chi connectivity index (χ3v) is 7.14. The van der Waals surface area contributed by atoms with Gasteiger partial charge in [-0.1, -0.05) is 70.6 Å². The SMILES string of the molecule is CC[C@H](C)c1nc2ccc(Br)cc2c(=O)n1N=Cc1cc(Cl)cc([N+](=O)[O-])c1OCc1ccc(Cl)cc1Cl. The van der Waals surface area contributed by atoms with Crippen LogP contribution in [0.25, 0.3) is 10.9 Å². The topological polar surface area (TPSA) is 99.6 Å². The van der Waals surface area contributed by atoms with Crippen LogP contribution in [0.15, 0.2) is 62.9 Å². The molecule has 0 N–H and O–H groups in total. The van der Waals surface area contributed by atoms with Gasteiger partial charge in [0, 0.05) is 42.7 Å². The summed E-state index contributed by atoms with van der Waals surface area (Å²) in [6.45, 7) is 3.83. The van der Waals surface area contributed by atoms with Crippen molar-refractivity contribution in [1.82, 2.24) is 9.66 Å². The minimum atomic E-state index is -0.603. The van der Waals surface area contributed by atoms with Crippen LogP contribution in [0.5, 0.6) is 5.75 Å². The van der Waals surface area contributed by atoms with Crippen molar-refractivity contribution in [3.8, 4) is 5.75 Å². The second kappa shape index (κ2) is 11.8. The first-order valence-electron chi connectivity index (χ1n) is 11.4. The molecule has 0 aliphatic carbocycles. The van der Waals surface area contributed by atoms with Gasteiger partial charge < -0.3 is 4.74 Å². The van der Waals surface area contributed by atoms with E-state index >= 15 is 0 Å². The number of hydrogen-bond acceptors (Lipinski definition) is 6. The van der Waals surface area contributed by atoms with Crippen molar-refractivity contribution in [2.45, 2.75) is 32.8 Å². The van der Waals surface area contributed by atoms with Gasteiger partial charge in [0.2, 0.25) is 5.75 Å². The molecule has 0 saturated carbocycles. The zero-order valence-electron chi connectivity index (χ0n) is 20.1. The molecule has 0 aliphatic heterocycles. The molecule has 4 aromatic rings. The number of ether oxygens (including phenoxy) is 1. The van der Waals surface area contributed by atoms with Gasteiger partial charge in [0.1, 0.15) is 12.4 Å². The number of benzene rings is 3. The van der Waals surface area contributed by atoms with E-state index in [4.69, 9.17) is 39.5 Å². The predicted octanol–water partition coefficient (Wildman–Crippen LogP) is 8.00. The Hall–Kier alpha value is -2.98. The van der Waals surface area contributed by atoms with Gasteiger partial charge in [-0.25, -0.2) is 4.98 Å². The van der Waals surface area contributed by atoms with Gasteiger partial charge in [0.05, 0.1) is 22.0 Å². The average molecular weight is 639 g/mol. The van der Waals surface area contributed by atoms with Crippen LogP contribution >= 0.6 is 50.7 Å². The molecule has 0 bridgehead atoms. The predicted molar refractivity (Wildman–Crippen MR) is 154 cm³/mol. The lowest BCUT2D eigenvalue weighted by Crippen LogP contribution is -2.23. The number of halogens is 4. The Labute approximate surface area is 241 Å². The van der Waals surface area contributed by atoms with Crippen molar-refractivity contribution in [3.05, 3.63) is 105 Å². The van der Waals surface area contributed by atoms with E-state index in [1.807, 2.05) is 19.9 Å². The molecular weight excluding hydrogens is 619 g/mol. The lowest BCUT2D eigenvalue weighted by Gasteiger charge is -2.14. The van der Waals surface area contributed by atoms with E-state index < -0.39 is 4.92 Å². The van der Waals surface area contributed by atoms with Crippen LogP contribution in [0, 0.1) is 10.1 Å². The van der Waals surface area contributed by atoms with Crippen molar-refractivity contribution in [1.29, 1.82) is 0 Å². The van der Waals surface area contributed by atoms with E-state index in [1.165, 1.54) is 23.0 Å². The number of nitrogens with zero attached hydrogens (tertiary/aromatic N) is 4. The molecule has 0 spiro atoms. The van der Waals surface area contributed by atoms with Crippen LogP contribution in [-0.2, 0) is 6.61 Å². The van der Waals surface area contributed by atoms with Crippen LogP contribution in [0.3, 0.4) is 0 Å². The van der Waals surface area contributed by atoms with E-state index in [0.717, 1.165) is 4.47 Å². The van der Waals surface area contributed by atoms with Gasteiger partial charge in [-0.15, -0.1) is 0 Å². The van der Waals surface area contributed by atoms with Crippen LogP contribution in [-0.4, -0.2) is 20.8 Å². The Kier molecular flexibility index (Phi) is 8.72. The summed E-state index contributed by atoms with van der Waals surface area (Å²) in [6, 6.07) is 12.7. The van der Waals surface area contributed by atoms with Crippen LogP contribution in [0.4, 0.5) is 5.69 Å². The number of rotatable bonds is 8. The van der Waals surface area contributed by atoms with Crippen molar-refractivity contribution in [3.63, 3.8) is 0 Å². The maximum Gasteiger partial charge on any atom is 0.313 e. The Morgan fingerprint density at radius 1 is 1.16 bits per heavy atom. The quantitative estimate of drug-likeness (QED) is 0.111. The lowest BCUT2D eigenvalue weighted by molar-refractivity contribution is -0.385. The Balaban J connectivity index is 1.84. The van der Waals surface area contributed by atoms with Gasteiger partial charge in [-0.2, -0.15) is 9.78 Å². The highest BCUT2D eigenvalue weighted by Crippen LogP contribution is 2.35. The molecule has 1 heterocycles. The van der Waals surface area contributed by atoms with Gasteiger partial charge >= 0.3 is 5.69 Å². The maximum atomic E-state index is 13.4. The zero-order chi connectivity index (χ0) is 27.6. The van der Waals surface area contributed by atoms with Gasteiger partial charge in [0.15, 0.2) is 0 Å². The average Bonchev–Trinajstić information content (AvgIpc) is 2.87. The van der Waals surface area contributed by atoms with E-state index in [1.54, 1.807) is 30.3 Å². The largest absolute Gasteiger partial charge is 0.481 e. The highest BCUT2D eigenvalue weighted by molar-refractivity contribution is 9.10. The Morgan fingerprint density at radius 3 is 2.61 bits per heavy atom. The molecule has 0 saturated heterocycles. The van der Waals surface area contributed by atoms with E-state index in [0.29, 0.717) is 38.8 Å². The second-order valence-electron chi connectivity index (χ2n) is 8.43. The van der Waals surface area contributed by atoms with Crippen LogP contribution < -0.4 is 10.3 Å². The number of aromatic nitrogens is 2. The van der Waals surface area contributed by atoms with Crippen LogP contribution in [0.1, 0.15) is 43.1 Å². The number of nitro benzene ring substituents is 1. The molecule has 12 heteroatoms. The van der Waals surface area contributed by atoms with Crippen molar-refractivity contribution >= 4 is 73.5 Å². The van der Waals surface area contributed by atoms with Crippen molar-refractivity contribution in [2.24, 2.45) is 5.10 Å². The third-order valence-electron chi connectivity index (χ3n) is 5.85. The normalized spacial score (nSPS) is 12.3. The summed E-state index contributed by atoms with van der Waals surface area (Å²) in [6.07, 6.45) is 2.01. The summed E-state index contributed by atoms with van der Waals surface area (Å²) in [7, 11) is 0. The number of hydrogen-bond donors (Lipinski definition) is 0. The standard InChI is InChI=1S/C26H20BrCl3N4O4/c1-3-14(2)25-32-22-7-5-17(27)9-20(22)26(35)33(25)31-12-16-8-19(29)11-23(34(36)37)24(16)38-13-15-4-6-18(28)10-21(15)30/h4-12,14H,3,13H2,1-2H3/t14-/m0/s1. The molecule has 0 amide bonds. The fraction of sp³-hybridized carbons (Fsp3) is 0.192. The minimum Gasteiger partial charge on any atom is -0.481 e. The summed E-state index contributed by atoms with van der Waals surface area (Å²) in [4.78, 5) is 29.4. The fourth-order valence-corrected chi connectivity index (χ4v) is 4.72. The molecule has 4 rings (SSSR count).